The molecule has 1 atom stereocenters. The Bertz CT molecular complexity index is 1580. The second kappa shape index (κ2) is 11.6. The average Bonchev–Trinajstić information content (AvgIpc) is 3.33. The predicted octanol–water partition coefficient (Wildman–Crippen LogP) is 4.04. The van der Waals surface area contributed by atoms with Crippen LogP contribution in [0.25, 0.3) is 4.85 Å². The van der Waals surface area contributed by atoms with Gasteiger partial charge in [-0.2, -0.15) is 0 Å². The van der Waals surface area contributed by atoms with E-state index < -0.39 is 11.9 Å². The number of nitrogens with one attached hydrogen (secondary N) is 1. The third kappa shape index (κ3) is 5.56. The van der Waals surface area contributed by atoms with Crippen LogP contribution in [0.15, 0.2) is 60.7 Å². The van der Waals surface area contributed by atoms with E-state index in [-0.39, 0.29) is 30.6 Å². The monoisotopic (exact) mass is 567 g/mol. The van der Waals surface area contributed by atoms with Gasteiger partial charge in [0, 0.05) is 50.3 Å². The molecular weight excluding hydrogens is 537 g/mol. The Morgan fingerprint density at radius 1 is 0.976 bits per heavy atom. The molecule has 3 aliphatic heterocycles. The molecule has 10 heteroatoms. The van der Waals surface area contributed by atoms with E-state index in [1.807, 2.05) is 23.1 Å². The Morgan fingerprint density at radius 2 is 1.74 bits per heavy atom. The number of carbonyl (C=O) groups is 3. The van der Waals surface area contributed by atoms with E-state index >= 15 is 0 Å². The number of halogens is 1. The van der Waals surface area contributed by atoms with E-state index in [0.29, 0.717) is 48.8 Å². The molecule has 0 aliphatic carbocycles. The topological polar surface area (TPSA) is 86.6 Å². The fraction of sp³-hybridized carbons (Fsp3) is 0.312. The first kappa shape index (κ1) is 27.4. The Hall–Kier alpha value is -4.75. The summed E-state index contributed by atoms with van der Waals surface area (Å²) in [6.45, 7) is 11.5. The lowest BCUT2D eigenvalue weighted by Gasteiger charge is -2.36. The van der Waals surface area contributed by atoms with Crippen LogP contribution < -0.4 is 15.0 Å². The van der Waals surface area contributed by atoms with Crippen molar-refractivity contribution in [1.29, 1.82) is 0 Å². The summed E-state index contributed by atoms with van der Waals surface area (Å²) in [6, 6.07) is 17.6. The van der Waals surface area contributed by atoms with Crippen LogP contribution in [0, 0.1) is 12.4 Å². The van der Waals surface area contributed by atoms with Crippen molar-refractivity contribution in [1.82, 2.24) is 15.1 Å². The Labute approximate surface area is 243 Å². The summed E-state index contributed by atoms with van der Waals surface area (Å²) in [5.41, 5.74) is 4.30. The molecule has 2 saturated heterocycles. The average molecular weight is 568 g/mol. The van der Waals surface area contributed by atoms with E-state index in [1.54, 1.807) is 24.3 Å². The second-order valence-electron chi connectivity index (χ2n) is 10.8. The van der Waals surface area contributed by atoms with E-state index in [9.17, 15) is 18.8 Å². The highest BCUT2D eigenvalue weighted by molar-refractivity contribution is 6.05. The van der Waals surface area contributed by atoms with E-state index in [2.05, 4.69) is 27.2 Å². The van der Waals surface area contributed by atoms with Gasteiger partial charge in [-0.3, -0.25) is 24.6 Å². The number of piperazine rings is 1. The quantitative estimate of drug-likeness (QED) is 0.343. The van der Waals surface area contributed by atoms with Crippen molar-refractivity contribution >= 4 is 29.1 Å². The highest BCUT2D eigenvalue weighted by Crippen LogP contribution is 2.34. The molecule has 2 fully saturated rings. The van der Waals surface area contributed by atoms with Crippen molar-refractivity contribution in [3.05, 3.63) is 100 Å². The molecule has 9 nitrogen and oxygen atoms in total. The maximum Gasteiger partial charge on any atom is 0.255 e. The van der Waals surface area contributed by atoms with Crippen molar-refractivity contribution in [3.63, 3.8) is 0 Å². The molecular formula is C32H30FN5O4. The fourth-order valence-corrected chi connectivity index (χ4v) is 5.82. The van der Waals surface area contributed by atoms with Gasteiger partial charge in [-0.15, -0.1) is 0 Å². The lowest BCUT2D eigenvalue weighted by molar-refractivity contribution is -0.136. The number of nitrogens with zero attached hydrogens (tertiary/aromatic N) is 4. The van der Waals surface area contributed by atoms with Crippen molar-refractivity contribution in [2.45, 2.75) is 38.6 Å². The van der Waals surface area contributed by atoms with E-state index in [1.165, 1.54) is 16.5 Å². The van der Waals surface area contributed by atoms with Gasteiger partial charge >= 0.3 is 0 Å². The molecule has 6 rings (SSSR count). The zero-order valence-corrected chi connectivity index (χ0v) is 23.0. The van der Waals surface area contributed by atoms with Crippen LogP contribution in [0.5, 0.6) is 5.75 Å². The highest BCUT2D eigenvalue weighted by Gasteiger charge is 2.40. The molecule has 0 bridgehead atoms. The van der Waals surface area contributed by atoms with Crippen LogP contribution in [-0.2, 0) is 29.3 Å². The molecule has 0 aromatic heterocycles. The number of carbonyl (C=O) groups excluding carboxylic acids is 3. The van der Waals surface area contributed by atoms with Crippen LogP contribution in [-0.4, -0.2) is 59.7 Å². The maximum atomic E-state index is 14.4. The predicted molar refractivity (Wildman–Crippen MR) is 153 cm³/mol. The van der Waals surface area contributed by atoms with Gasteiger partial charge in [0.15, 0.2) is 5.69 Å². The molecule has 0 saturated carbocycles. The summed E-state index contributed by atoms with van der Waals surface area (Å²) in [5, 5.41) is 2.33. The fourth-order valence-electron chi connectivity index (χ4n) is 5.82. The summed E-state index contributed by atoms with van der Waals surface area (Å²) < 4.78 is 20.6. The van der Waals surface area contributed by atoms with Crippen LogP contribution in [0.2, 0.25) is 0 Å². The molecule has 214 valence electrons. The zero-order valence-electron chi connectivity index (χ0n) is 23.0. The number of hydrogen-bond donors (Lipinski definition) is 1. The van der Waals surface area contributed by atoms with Gasteiger partial charge in [0.25, 0.3) is 5.91 Å². The molecule has 1 N–H and O–H groups in total. The number of hydrogen-bond acceptors (Lipinski definition) is 6. The molecule has 1 unspecified atom stereocenters. The van der Waals surface area contributed by atoms with Crippen LogP contribution in [0.1, 0.15) is 39.9 Å². The number of imide groups is 1. The summed E-state index contributed by atoms with van der Waals surface area (Å²) in [6.07, 6.45) is 0.532. The first-order valence-corrected chi connectivity index (χ1v) is 14.0. The Kier molecular flexibility index (Phi) is 7.59. The minimum atomic E-state index is -0.663. The molecule has 3 aliphatic rings. The van der Waals surface area contributed by atoms with Gasteiger partial charge in [0.05, 0.1) is 18.8 Å². The van der Waals surface area contributed by atoms with Gasteiger partial charge in [-0.25, -0.2) is 9.24 Å². The number of rotatable bonds is 7. The summed E-state index contributed by atoms with van der Waals surface area (Å²) in [7, 11) is 0. The molecule has 42 heavy (non-hydrogen) atoms. The summed E-state index contributed by atoms with van der Waals surface area (Å²) in [5.74, 6) is -0.711. The van der Waals surface area contributed by atoms with Gasteiger partial charge < -0.3 is 14.5 Å². The number of anilines is 1. The van der Waals surface area contributed by atoms with Crippen LogP contribution in [0.3, 0.4) is 0 Å². The van der Waals surface area contributed by atoms with Crippen LogP contribution in [0.4, 0.5) is 15.8 Å². The van der Waals surface area contributed by atoms with Crippen molar-refractivity contribution in [2.24, 2.45) is 0 Å². The number of amides is 3. The summed E-state index contributed by atoms with van der Waals surface area (Å²) >= 11 is 0. The normalized spacial score (nSPS) is 19.0. The molecule has 3 heterocycles. The molecule has 0 spiro atoms. The standard InChI is InChI=1S/C32H30FN5O4/c1-34-23-9-10-27(26(33)17-23)37-15-13-36(14-16-37)18-21-5-7-22(8-6-21)20-42-29-4-2-3-24-25(29)19-38(32(24)41)28-11-12-30(39)35-31(28)40/h2-10,17,28H,11-16,18-20H2,(H,35,39,40). The van der Waals surface area contributed by atoms with Crippen molar-refractivity contribution in [3.8, 4) is 5.75 Å². The second-order valence-corrected chi connectivity index (χ2v) is 10.8. The van der Waals surface area contributed by atoms with Crippen molar-refractivity contribution in [2.75, 3.05) is 31.1 Å². The van der Waals surface area contributed by atoms with Gasteiger partial charge in [0.2, 0.25) is 11.8 Å². The number of piperidine rings is 1. The number of fused-ring (bicyclic) bond motifs is 1. The lowest BCUT2D eigenvalue weighted by atomic mass is 10.0. The molecule has 3 amide bonds. The van der Waals surface area contributed by atoms with Crippen molar-refractivity contribution < 1.29 is 23.5 Å². The SMILES string of the molecule is [C-]#[N+]c1ccc(N2CCN(Cc3ccc(COc4cccc5c4CN(C4CCC(=O)NC4=O)C5=O)cc3)CC2)c(F)c1. The van der Waals surface area contributed by atoms with Gasteiger partial charge in [-0.1, -0.05) is 36.4 Å². The largest absolute Gasteiger partial charge is 0.489 e. The highest BCUT2D eigenvalue weighted by atomic mass is 19.1. The molecule has 3 aromatic carbocycles. The summed E-state index contributed by atoms with van der Waals surface area (Å²) in [4.78, 5) is 46.1. The third-order valence-corrected chi connectivity index (χ3v) is 8.14. The van der Waals surface area contributed by atoms with Gasteiger partial charge in [-0.05, 0) is 41.8 Å². The van der Waals surface area contributed by atoms with Gasteiger partial charge in [0.1, 0.15) is 24.2 Å². The molecule has 0 radical (unpaired) electrons. The number of benzene rings is 3. The smallest absolute Gasteiger partial charge is 0.255 e. The molecule has 3 aromatic rings. The van der Waals surface area contributed by atoms with E-state index in [0.717, 1.165) is 30.8 Å². The zero-order chi connectivity index (χ0) is 29.2. The van der Waals surface area contributed by atoms with E-state index in [4.69, 9.17) is 11.3 Å². The maximum absolute atomic E-state index is 14.4. The Morgan fingerprint density at radius 3 is 2.45 bits per heavy atom. The lowest BCUT2D eigenvalue weighted by Crippen LogP contribution is -2.52. The van der Waals surface area contributed by atoms with Crippen LogP contribution >= 0.6 is 0 Å². The first-order valence-electron chi connectivity index (χ1n) is 14.0. The minimum Gasteiger partial charge on any atom is -0.489 e. The first-order chi connectivity index (χ1) is 20.4. The minimum absolute atomic E-state index is 0.214. The number of ether oxygens (including phenoxy) is 1. The Balaban J connectivity index is 1.02. The third-order valence-electron chi connectivity index (χ3n) is 8.14.